The molecule has 1 aromatic rings. The van der Waals surface area contributed by atoms with Gasteiger partial charge in [0.2, 0.25) is 0 Å². The van der Waals surface area contributed by atoms with Gasteiger partial charge < -0.3 is 5.73 Å². The van der Waals surface area contributed by atoms with Gasteiger partial charge in [-0.05, 0) is 35.6 Å². The van der Waals surface area contributed by atoms with Crippen molar-refractivity contribution in [2.24, 2.45) is 0 Å². The average Bonchev–Trinajstić information content (AvgIpc) is 1.94. The molecule has 1 rings (SSSR count). The van der Waals surface area contributed by atoms with Crippen molar-refractivity contribution in [2.45, 2.75) is 13.0 Å². The normalized spacial score (nSPS) is 13.1. The highest BCUT2D eigenvalue weighted by Crippen LogP contribution is 2.18. The maximum Gasteiger partial charge on any atom is 0.145 e. The summed E-state index contributed by atoms with van der Waals surface area (Å²) in [5, 5.41) is 0. The summed E-state index contributed by atoms with van der Waals surface area (Å²) in [6, 6.07) is 5.39. The van der Waals surface area contributed by atoms with Crippen LogP contribution in [-0.4, -0.2) is 0 Å². The van der Waals surface area contributed by atoms with E-state index in [-0.39, 0.29) is 11.9 Å². The Kier molecular flexibility index (Phi) is 2.84. The van der Waals surface area contributed by atoms with E-state index in [1.54, 1.807) is 12.1 Å². The number of hydrogen-bond acceptors (Lipinski definition) is 0. The third-order valence-electron chi connectivity index (χ3n) is 1.51. The molecule has 3 N–H and O–H groups in total. The van der Waals surface area contributed by atoms with Crippen LogP contribution >= 0.6 is 22.6 Å². The predicted octanol–water partition coefficient (Wildman–Crippen LogP) is 1.73. The summed E-state index contributed by atoms with van der Waals surface area (Å²) >= 11 is 1.98. The first-order valence-corrected chi connectivity index (χ1v) is 4.48. The smallest absolute Gasteiger partial charge is 0.145 e. The van der Waals surface area contributed by atoms with Crippen LogP contribution in [-0.2, 0) is 0 Å². The Labute approximate surface area is 78.9 Å². The largest absolute Gasteiger partial charge is 0.352 e. The minimum absolute atomic E-state index is 0.0183. The van der Waals surface area contributed by atoms with Gasteiger partial charge in [-0.2, -0.15) is 0 Å². The van der Waals surface area contributed by atoms with Crippen LogP contribution in [0.25, 0.3) is 0 Å². The number of rotatable bonds is 1. The van der Waals surface area contributed by atoms with E-state index in [0.29, 0.717) is 9.13 Å². The van der Waals surface area contributed by atoms with E-state index in [2.05, 4.69) is 5.73 Å². The number of hydrogen-bond donors (Lipinski definition) is 1. The van der Waals surface area contributed by atoms with Crippen molar-refractivity contribution < 1.29 is 10.1 Å². The molecule has 0 aliphatic carbocycles. The summed E-state index contributed by atoms with van der Waals surface area (Å²) in [6.45, 7) is 1.88. The van der Waals surface area contributed by atoms with E-state index in [9.17, 15) is 4.39 Å². The lowest BCUT2D eigenvalue weighted by molar-refractivity contribution is -0.420. The Balaban J connectivity index is 3.17. The van der Waals surface area contributed by atoms with Gasteiger partial charge >= 0.3 is 0 Å². The minimum atomic E-state index is -0.129. The predicted molar refractivity (Wildman–Crippen MR) is 50.4 cm³/mol. The van der Waals surface area contributed by atoms with Crippen molar-refractivity contribution in [1.29, 1.82) is 0 Å². The lowest BCUT2D eigenvalue weighted by Gasteiger charge is -2.04. The second-order valence-corrected chi connectivity index (χ2v) is 3.71. The van der Waals surface area contributed by atoms with Gasteiger partial charge in [-0.3, -0.25) is 0 Å². The van der Waals surface area contributed by atoms with E-state index in [1.807, 2.05) is 35.6 Å². The SMILES string of the molecule is CC([NH3+])c1cccc(I)c1F. The van der Waals surface area contributed by atoms with Gasteiger partial charge in [0, 0.05) is 9.13 Å². The maximum atomic E-state index is 13.2. The molecule has 0 saturated heterocycles. The molecule has 1 nitrogen and oxygen atoms in total. The fourth-order valence-corrected chi connectivity index (χ4v) is 1.42. The molecule has 0 fully saturated rings. The molecule has 60 valence electrons. The summed E-state index contributed by atoms with van der Waals surface area (Å²) in [5.41, 5.74) is 4.46. The average molecular weight is 266 g/mol. The third kappa shape index (κ3) is 1.90. The fourth-order valence-electron chi connectivity index (χ4n) is 0.901. The van der Waals surface area contributed by atoms with Gasteiger partial charge in [0.1, 0.15) is 11.9 Å². The zero-order valence-corrected chi connectivity index (χ0v) is 8.43. The van der Waals surface area contributed by atoms with E-state index in [1.165, 1.54) is 0 Å². The quantitative estimate of drug-likeness (QED) is 0.750. The molecule has 1 aromatic carbocycles. The van der Waals surface area contributed by atoms with Gasteiger partial charge in [0.05, 0.1) is 0 Å². The Bertz CT molecular complexity index is 260. The molecule has 1 atom stereocenters. The molecular weight excluding hydrogens is 256 g/mol. The van der Waals surface area contributed by atoms with Crippen LogP contribution in [0.5, 0.6) is 0 Å². The van der Waals surface area contributed by atoms with Crippen LogP contribution in [0.4, 0.5) is 4.39 Å². The number of quaternary nitrogens is 1. The molecule has 0 spiro atoms. The molecule has 1 unspecified atom stereocenters. The zero-order valence-electron chi connectivity index (χ0n) is 6.27. The van der Waals surface area contributed by atoms with Gasteiger partial charge in [0.25, 0.3) is 0 Å². The molecule has 3 heteroatoms. The molecule has 0 radical (unpaired) electrons. The van der Waals surface area contributed by atoms with Gasteiger partial charge in [-0.15, -0.1) is 0 Å². The molecule has 0 heterocycles. The van der Waals surface area contributed by atoms with Gasteiger partial charge in [-0.1, -0.05) is 12.1 Å². The summed E-state index contributed by atoms with van der Waals surface area (Å²) in [4.78, 5) is 0. The highest BCUT2D eigenvalue weighted by Gasteiger charge is 2.10. The van der Waals surface area contributed by atoms with Crippen molar-refractivity contribution >= 4 is 22.6 Å². The lowest BCUT2D eigenvalue weighted by Crippen LogP contribution is -2.52. The molecule has 0 bridgehead atoms. The third-order valence-corrected chi connectivity index (χ3v) is 2.35. The second-order valence-electron chi connectivity index (χ2n) is 2.54. The number of benzene rings is 1. The van der Waals surface area contributed by atoms with Crippen LogP contribution in [0.2, 0.25) is 0 Å². The molecule has 0 aliphatic heterocycles. The van der Waals surface area contributed by atoms with E-state index < -0.39 is 0 Å². The summed E-state index contributed by atoms with van der Waals surface area (Å²) in [6.07, 6.45) is 0. The van der Waals surface area contributed by atoms with Gasteiger partial charge in [-0.25, -0.2) is 4.39 Å². The van der Waals surface area contributed by atoms with Crippen LogP contribution in [0.1, 0.15) is 18.5 Å². The first kappa shape index (κ1) is 8.93. The Morgan fingerprint density at radius 2 is 2.18 bits per heavy atom. The van der Waals surface area contributed by atoms with Gasteiger partial charge in [0.15, 0.2) is 0 Å². The molecule has 0 saturated carbocycles. The van der Waals surface area contributed by atoms with Crippen LogP contribution in [0.15, 0.2) is 18.2 Å². The van der Waals surface area contributed by atoms with Crippen molar-refractivity contribution in [3.63, 3.8) is 0 Å². The van der Waals surface area contributed by atoms with Crippen molar-refractivity contribution in [3.05, 3.63) is 33.1 Å². The monoisotopic (exact) mass is 266 g/mol. The van der Waals surface area contributed by atoms with Crippen LogP contribution < -0.4 is 5.73 Å². The standard InChI is InChI=1S/C8H9FIN/c1-5(11)6-3-2-4-7(10)8(6)9/h2-5H,11H2,1H3/p+1. The lowest BCUT2D eigenvalue weighted by atomic mass is 10.1. The number of halogens is 2. The first-order valence-electron chi connectivity index (χ1n) is 3.40. The Hall–Kier alpha value is -0.160. The van der Waals surface area contributed by atoms with Crippen molar-refractivity contribution in [1.82, 2.24) is 0 Å². The van der Waals surface area contributed by atoms with E-state index >= 15 is 0 Å². The molecule has 0 amide bonds. The molecular formula is C8H10FIN+. The summed E-state index contributed by atoms with van der Waals surface area (Å²) in [5.74, 6) is -0.129. The van der Waals surface area contributed by atoms with Crippen LogP contribution in [0.3, 0.4) is 0 Å². The van der Waals surface area contributed by atoms with Crippen molar-refractivity contribution in [2.75, 3.05) is 0 Å². The maximum absolute atomic E-state index is 13.2. The van der Waals surface area contributed by atoms with E-state index in [0.717, 1.165) is 0 Å². The minimum Gasteiger partial charge on any atom is -0.352 e. The second kappa shape index (κ2) is 3.49. The van der Waals surface area contributed by atoms with E-state index in [4.69, 9.17) is 0 Å². The Morgan fingerprint density at radius 1 is 1.55 bits per heavy atom. The fraction of sp³-hybridized carbons (Fsp3) is 0.250. The molecule has 0 aromatic heterocycles. The van der Waals surface area contributed by atoms with Crippen molar-refractivity contribution in [3.8, 4) is 0 Å². The zero-order chi connectivity index (χ0) is 8.43. The van der Waals surface area contributed by atoms with Crippen LogP contribution in [0, 0.1) is 9.39 Å². The summed E-state index contributed by atoms with van der Waals surface area (Å²) in [7, 11) is 0. The first-order chi connectivity index (χ1) is 5.13. The molecule has 0 aliphatic rings. The highest BCUT2D eigenvalue weighted by atomic mass is 127. The topological polar surface area (TPSA) is 27.6 Å². The Morgan fingerprint density at radius 3 is 2.64 bits per heavy atom. The summed E-state index contributed by atoms with van der Waals surface area (Å²) < 4.78 is 13.9. The highest BCUT2D eigenvalue weighted by molar-refractivity contribution is 14.1. The molecule has 11 heavy (non-hydrogen) atoms.